The first-order chi connectivity index (χ1) is 9.59. The molecule has 0 N–H and O–H groups in total. The maximum atomic E-state index is 12.3. The summed E-state index contributed by atoms with van der Waals surface area (Å²) in [6.45, 7) is 2.23. The van der Waals surface area contributed by atoms with Crippen molar-refractivity contribution in [2.45, 2.75) is 64.7 Å². The van der Waals surface area contributed by atoms with E-state index in [1.54, 1.807) is 5.57 Å². The third-order valence-corrected chi connectivity index (χ3v) is 6.91. The van der Waals surface area contributed by atoms with Gasteiger partial charge in [-0.1, -0.05) is 18.1 Å². The summed E-state index contributed by atoms with van der Waals surface area (Å²) >= 11 is 0. The highest BCUT2D eigenvalue weighted by Crippen LogP contribution is 2.59. The average molecular weight is 272 g/mol. The van der Waals surface area contributed by atoms with Crippen molar-refractivity contribution in [3.05, 3.63) is 11.1 Å². The average Bonchev–Trinajstić information content (AvgIpc) is 2.74. The van der Waals surface area contributed by atoms with Crippen LogP contribution in [0.5, 0.6) is 0 Å². The number of carbonyl (C=O) groups excluding carboxylic acids is 2. The van der Waals surface area contributed by atoms with E-state index >= 15 is 0 Å². The van der Waals surface area contributed by atoms with Gasteiger partial charge >= 0.3 is 0 Å². The van der Waals surface area contributed by atoms with E-state index in [1.807, 2.05) is 0 Å². The molecule has 0 spiro atoms. The van der Waals surface area contributed by atoms with Crippen LogP contribution in [-0.4, -0.2) is 11.6 Å². The molecule has 3 unspecified atom stereocenters. The van der Waals surface area contributed by atoms with E-state index in [4.69, 9.17) is 0 Å². The summed E-state index contributed by atoms with van der Waals surface area (Å²) in [4.78, 5) is 23.9. The fourth-order valence-corrected chi connectivity index (χ4v) is 5.82. The molecule has 0 saturated heterocycles. The minimum absolute atomic E-state index is 0.0102. The molecule has 2 nitrogen and oxygen atoms in total. The third kappa shape index (κ3) is 1.63. The zero-order valence-electron chi connectivity index (χ0n) is 12.4. The van der Waals surface area contributed by atoms with Gasteiger partial charge in [0.15, 0.2) is 0 Å². The van der Waals surface area contributed by atoms with E-state index in [-0.39, 0.29) is 5.41 Å². The Bertz CT molecular complexity index is 516. The zero-order valence-corrected chi connectivity index (χ0v) is 12.4. The molecule has 0 aromatic carbocycles. The Morgan fingerprint density at radius 2 is 1.85 bits per heavy atom. The number of ketones is 2. The summed E-state index contributed by atoms with van der Waals surface area (Å²) in [6, 6.07) is 0. The van der Waals surface area contributed by atoms with E-state index in [0.717, 1.165) is 50.9 Å². The maximum Gasteiger partial charge on any atom is 0.139 e. The number of allylic oxidation sites excluding steroid dienone is 2. The summed E-state index contributed by atoms with van der Waals surface area (Å²) in [6.07, 6.45) is 9.09. The first kappa shape index (κ1) is 12.8. The van der Waals surface area contributed by atoms with Crippen molar-refractivity contribution in [2.24, 2.45) is 23.2 Å². The third-order valence-electron chi connectivity index (χ3n) is 6.91. The van der Waals surface area contributed by atoms with Crippen LogP contribution < -0.4 is 0 Å². The van der Waals surface area contributed by atoms with E-state index in [2.05, 4.69) is 6.92 Å². The number of rotatable bonds is 0. The van der Waals surface area contributed by atoms with Crippen molar-refractivity contribution in [1.29, 1.82) is 0 Å². The monoisotopic (exact) mass is 272 g/mol. The Morgan fingerprint density at radius 1 is 1.00 bits per heavy atom. The normalized spacial score (nSPS) is 44.1. The van der Waals surface area contributed by atoms with Crippen molar-refractivity contribution in [2.75, 3.05) is 0 Å². The standard InChI is InChI=1S/C18H24O2/c1-18-9-8-14-13-5-3-12(19)10-11(13)2-4-15(14)16(18)6-7-17(18)20/h14-16H,2-10H2,1H3/t14?,15?,16?,18-/m0/s1. The summed E-state index contributed by atoms with van der Waals surface area (Å²) in [5, 5.41) is 0. The SMILES string of the molecule is C[C@]12CCC3C4=C(CCC3C1CCC2=O)CC(=O)CC4. The number of carbonyl (C=O) groups is 2. The topological polar surface area (TPSA) is 34.1 Å². The van der Waals surface area contributed by atoms with Gasteiger partial charge in [-0.05, 0) is 56.3 Å². The van der Waals surface area contributed by atoms with E-state index in [1.165, 1.54) is 18.4 Å². The molecule has 4 aliphatic rings. The van der Waals surface area contributed by atoms with Gasteiger partial charge in [0.1, 0.15) is 11.6 Å². The van der Waals surface area contributed by atoms with Gasteiger partial charge in [0.25, 0.3) is 0 Å². The first-order valence-electron chi connectivity index (χ1n) is 8.35. The van der Waals surface area contributed by atoms with E-state index in [0.29, 0.717) is 23.4 Å². The van der Waals surface area contributed by atoms with Crippen LogP contribution in [0.25, 0.3) is 0 Å². The Kier molecular flexibility index (Phi) is 2.74. The molecule has 108 valence electrons. The lowest BCUT2D eigenvalue weighted by molar-refractivity contribution is -0.129. The van der Waals surface area contributed by atoms with Crippen LogP contribution in [-0.2, 0) is 9.59 Å². The van der Waals surface area contributed by atoms with Crippen LogP contribution in [0.15, 0.2) is 11.1 Å². The van der Waals surface area contributed by atoms with Crippen LogP contribution >= 0.6 is 0 Å². The summed E-state index contributed by atoms with van der Waals surface area (Å²) in [5.41, 5.74) is 3.11. The minimum Gasteiger partial charge on any atom is -0.299 e. The second kappa shape index (κ2) is 4.29. The molecule has 0 aliphatic heterocycles. The Hall–Kier alpha value is -0.920. The predicted molar refractivity (Wildman–Crippen MR) is 77.2 cm³/mol. The van der Waals surface area contributed by atoms with Crippen LogP contribution in [0.4, 0.5) is 0 Å². The lowest BCUT2D eigenvalue weighted by Crippen LogP contribution is -2.44. The van der Waals surface area contributed by atoms with Crippen LogP contribution in [0.1, 0.15) is 64.7 Å². The fraction of sp³-hybridized carbons (Fsp3) is 0.778. The summed E-state index contributed by atoms with van der Waals surface area (Å²) < 4.78 is 0. The lowest BCUT2D eigenvalue weighted by atomic mass is 9.54. The molecule has 0 aromatic rings. The molecule has 2 heteroatoms. The lowest BCUT2D eigenvalue weighted by Gasteiger charge is -2.49. The minimum atomic E-state index is -0.0102. The fourth-order valence-electron chi connectivity index (χ4n) is 5.82. The number of hydrogen-bond donors (Lipinski definition) is 0. The van der Waals surface area contributed by atoms with Crippen LogP contribution in [0, 0.1) is 23.2 Å². The number of Topliss-reactive ketones (excluding diaryl/α,β-unsaturated/α-hetero) is 2. The van der Waals surface area contributed by atoms with Crippen molar-refractivity contribution in [3.8, 4) is 0 Å². The van der Waals surface area contributed by atoms with E-state index in [9.17, 15) is 9.59 Å². The summed E-state index contributed by atoms with van der Waals surface area (Å²) in [7, 11) is 0. The molecule has 4 rings (SSSR count). The molecule has 0 bridgehead atoms. The molecule has 0 heterocycles. The second-order valence-electron chi connectivity index (χ2n) is 7.68. The highest BCUT2D eigenvalue weighted by molar-refractivity contribution is 5.87. The molecular formula is C18H24O2. The maximum absolute atomic E-state index is 12.3. The number of fused-ring (bicyclic) bond motifs is 4. The second-order valence-corrected chi connectivity index (χ2v) is 7.68. The van der Waals surface area contributed by atoms with Crippen molar-refractivity contribution in [1.82, 2.24) is 0 Å². The Labute approximate surface area is 121 Å². The van der Waals surface area contributed by atoms with Crippen LogP contribution in [0.2, 0.25) is 0 Å². The zero-order chi connectivity index (χ0) is 13.9. The van der Waals surface area contributed by atoms with Gasteiger partial charge < -0.3 is 0 Å². The van der Waals surface area contributed by atoms with Crippen molar-refractivity contribution >= 4 is 11.6 Å². The molecule has 0 amide bonds. The molecule has 4 atom stereocenters. The van der Waals surface area contributed by atoms with Crippen molar-refractivity contribution in [3.63, 3.8) is 0 Å². The molecule has 2 saturated carbocycles. The molecule has 0 aromatic heterocycles. The molecule has 20 heavy (non-hydrogen) atoms. The molecule has 2 fully saturated rings. The van der Waals surface area contributed by atoms with Gasteiger partial charge in [0, 0.05) is 24.7 Å². The molecule has 4 aliphatic carbocycles. The van der Waals surface area contributed by atoms with Crippen molar-refractivity contribution < 1.29 is 9.59 Å². The molecular weight excluding hydrogens is 248 g/mol. The Balaban J connectivity index is 1.67. The largest absolute Gasteiger partial charge is 0.299 e. The van der Waals surface area contributed by atoms with Gasteiger partial charge in [0.2, 0.25) is 0 Å². The van der Waals surface area contributed by atoms with Gasteiger partial charge in [-0.15, -0.1) is 0 Å². The summed E-state index contributed by atoms with van der Waals surface area (Å²) in [5.74, 6) is 3.03. The highest BCUT2D eigenvalue weighted by atomic mass is 16.1. The predicted octanol–water partition coefficient (Wildman–Crippen LogP) is 3.84. The number of hydrogen-bond acceptors (Lipinski definition) is 2. The molecule has 0 radical (unpaired) electrons. The smallest absolute Gasteiger partial charge is 0.139 e. The quantitative estimate of drug-likeness (QED) is 0.628. The van der Waals surface area contributed by atoms with Gasteiger partial charge in [-0.3, -0.25) is 9.59 Å². The van der Waals surface area contributed by atoms with Gasteiger partial charge in [0.05, 0.1) is 0 Å². The Morgan fingerprint density at radius 3 is 2.70 bits per heavy atom. The van der Waals surface area contributed by atoms with E-state index < -0.39 is 0 Å². The highest BCUT2D eigenvalue weighted by Gasteiger charge is 2.54. The van der Waals surface area contributed by atoms with Gasteiger partial charge in [-0.25, -0.2) is 0 Å². The van der Waals surface area contributed by atoms with Gasteiger partial charge in [-0.2, -0.15) is 0 Å². The first-order valence-corrected chi connectivity index (χ1v) is 8.35. The van der Waals surface area contributed by atoms with Crippen LogP contribution in [0.3, 0.4) is 0 Å².